The van der Waals surface area contributed by atoms with Crippen molar-refractivity contribution in [1.82, 2.24) is 9.88 Å². The van der Waals surface area contributed by atoms with E-state index in [-0.39, 0.29) is 5.91 Å². The first-order chi connectivity index (χ1) is 11.5. The highest BCUT2D eigenvalue weighted by atomic mass is 79.9. The van der Waals surface area contributed by atoms with E-state index in [1.807, 2.05) is 48.3 Å². The van der Waals surface area contributed by atoms with Crippen molar-refractivity contribution in [3.05, 3.63) is 56.4 Å². The van der Waals surface area contributed by atoms with Gasteiger partial charge in [-0.3, -0.25) is 9.69 Å². The Bertz CT molecular complexity index is 848. The van der Waals surface area contributed by atoms with Gasteiger partial charge in [0.15, 0.2) is 0 Å². The zero-order valence-electron chi connectivity index (χ0n) is 12.9. The summed E-state index contributed by atoms with van der Waals surface area (Å²) in [7, 11) is 1.92. The largest absolute Gasteiger partial charge is 0.324 e. The molecule has 0 saturated carbocycles. The van der Waals surface area contributed by atoms with Crippen LogP contribution in [0.15, 0.2) is 51.4 Å². The maximum Gasteiger partial charge on any atom is 0.238 e. The molecule has 4 nitrogen and oxygen atoms in total. The third-order valence-electron chi connectivity index (χ3n) is 3.36. The van der Waals surface area contributed by atoms with Gasteiger partial charge in [-0.25, -0.2) is 4.98 Å². The number of anilines is 1. The van der Waals surface area contributed by atoms with E-state index in [0.29, 0.717) is 13.1 Å². The highest BCUT2D eigenvalue weighted by molar-refractivity contribution is 9.11. The minimum absolute atomic E-state index is 0.0540. The molecule has 0 aliphatic carbocycles. The van der Waals surface area contributed by atoms with E-state index in [1.54, 1.807) is 11.3 Å². The Morgan fingerprint density at radius 1 is 1.25 bits per heavy atom. The summed E-state index contributed by atoms with van der Waals surface area (Å²) in [5.74, 6) is -0.0540. The van der Waals surface area contributed by atoms with Crippen LogP contribution < -0.4 is 5.32 Å². The summed E-state index contributed by atoms with van der Waals surface area (Å²) >= 11 is 8.51. The van der Waals surface area contributed by atoms with Crippen LogP contribution in [0.5, 0.6) is 0 Å². The molecule has 0 spiro atoms. The van der Waals surface area contributed by atoms with Crippen LogP contribution in [0.25, 0.3) is 10.2 Å². The van der Waals surface area contributed by atoms with Gasteiger partial charge in [-0.2, -0.15) is 0 Å². The molecule has 24 heavy (non-hydrogen) atoms. The highest BCUT2D eigenvalue weighted by Gasteiger charge is 2.11. The molecule has 0 aliphatic rings. The summed E-state index contributed by atoms with van der Waals surface area (Å²) in [6.45, 7) is 0.951. The second-order valence-electron chi connectivity index (χ2n) is 5.42. The average molecular weight is 469 g/mol. The van der Waals surface area contributed by atoms with E-state index < -0.39 is 0 Å². The van der Waals surface area contributed by atoms with Crippen molar-refractivity contribution in [2.75, 3.05) is 18.9 Å². The van der Waals surface area contributed by atoms with Gasteiger partial charge < -0.3 is 5.32 Å². The van der Waals surface area contributed by atoms with Crippen molar-refractivity contribution in [2.24, 2.45) is 0 Å². The van der Waals surface area contributed by atoms with Gasteiger partial charge in [0, 0.05) is 8.95 Å². The molecule has 0 atom stereocenters. The summed E-state index contributed by atoms with van der Waals surface area (Å²) in [5.41, 5.74) is 1.77. The Labute approximate surface area is 161 Å². The fourth-order valence-corrected chi connectivity index (χ4v) is 4.49. The monoisotopic (exact) mass is 467 g/mol. The Hall–Kier alpha value is -1.28. The normalized spacial score (nSPS) is 11.2. The lowest BCUT2D eigenvalue weighted by Gasteiger charge is -2.15. The Balaban J connectivity index is 1.59. The topological polar surface area (TPSA) is 45.2 Å². The Morgan fingerprint density at radius 3 is 2.79 bits per heavy atom. The van der Waals surface area contributed by atoms with E-state index in [9.17, 15) is 4.79 Å². The average Bonchev–Trinajstić information content (AvgIpc) is 2.91. The van der Waals surface area contributed by atoms with Gasteiger partial charge >= 0.3 is 0 Å². The van der Waals surface area contributed by atoms with Crippen LogP contribution in [0.2, 0.25) is 0 Å². The molecule has 2 aromatic carbocycles. The van der Waals surface area contributed by atoms with Gasteiger partial charge in [0.25, 0.3) is 0 Å². The molecule has 0 radical (unpaired) electrons. The van der Waals surface area contributed by atoms with Crippen molar-refractivity contribution in [2.45, 2.75) is 6.54 Å². The first-order valence-corrected chi connectivity index (χ1v) is 9.69. The van der Waals surface area contributed by atoms with Gasteiger partial charge in [-0.15, -0.1) is 11.3 Å². The number of carbonyl (C=O) groups is 1. The molecule has 0 saturated heterocycles. The van der Waals surface area contributed by atoms with Crippen LogP contribution in [0.4, 0.5) is 5.69 Å². The minimum atomic E-state index is -0.0540. The van der Waals surface area contributed by atoms with Crippen LogP contribution in [0.1, 0.15) is 5.01 Å². The smallest absolute Gasteiger partial charge is 0.238 e. The number of benzene rings is 2. The van der Waals surface area contributed by atoms with Crippen LogP contribution in [-0.4, -0.2) is 29.4 Å². The number of nitrogens with one attached hydrogen (secondary N) is 1. The van der Waals surface area contributed by atoms with E-state index in [2.05, 4.69) is 48.2 Å². The summed E-state index contributed by atoms with van der Waals surface area (Å²) < 4.78 is 2.98. The van der Waals surface area contributed by atoms with E-state index in [0.717, 1.165) is 25.2 Å². The van der Waals surface area contributed by atoms with Gasteiger partial charge in [-0.1, -0.05) is 28.1 Å². The van der Waals surface area contributed by atoms with Gasteiger partial charge in [0.1, 0.15) is 5.01 Å². The lowest BCUT2D eigenvalue weighted by molar-refractivity contribution is -0.117. The number of halogens is 2. The summed E-state index contributed by atoms with van der Waals surface area (Å²) in [6.07, 6.45) is 0. The van der Waals surface area contributed by atoms with Crippen LogP contribution in [0.3, 0.4) is 0 Å². The molecular weight excluding hydrogens is 454 g/mol. The van der Waals surface area contributed by atoms with Crippen molar-refractivity contribution in [3.63, 3.8) is 0 Å². The zero-order valence-corrected chi connectivity index (χ0v) is 16.9. The molecular formula is C17H15Br2N3OS. The number of fused-ring (bicyclic) bond motifs is 1. The molecule has 0 bridgehead atoms. The van der Waals surface area contributed by atoms with Crippen molar-refractivity contribution in [1.29, 1.82) is 0 Å². The number of nitrogens with zero attached hydrogens (tertiary/aromatic N) is 2. The Kier molecular flexibility index (Phi) is 5.65. The summed E-state index contributed by atoms with van der Waals surface area (Å²) in [4.78, 5) is 18.8. The molecule has 0 aliphatic heterocycles. The first-order valence-electron chi connectivity index (χ1n) is 7.29. The third-order valence-corrected chi connectivity index (χ3v) is 5.53. The SMILES string of the molecule is CN(CC(=O)Nc1ccc(Br)cc1Br)Cc1nc2ccccc2s1. The molecule has 1 amide bonds. The van der Waals surface area contributed by atoms with E-state index in [4.69, 9.17) is 0 Å². The lowest BCUT2D eigenvalue weighted by Crippen LogP contribution is -2.29. The molecule has 3 aromatic rings. The molecule has 3 rings (SSSR count). The maximum absolute atomic E-state index is 12.2. The fourth-order valence-electron chi connectivity index (χ4n) is 2.30. The first kappa shape index (κ1) is 17.5. The number of aromatic nitrogens is 1. The number of likely N-dealkylation sites (N-methyl/N-ethyl adjacent to an activating group) is 1. The standard InChI is InChI=1S/C17H15Br2N3OS/c1-22(10-17-21-14-4-2-3-5-15(14)24-17)9-16(23)20-13-7-6-11(18)8-12(13)19/h2-8H,9-10H2,1H3,(H,20,23). The molecule has 1 heterocycles. The molecule has 7 heteroatoms. The predicted octanol–water partition coefficient (Wildman–Crippen LogP) is 4.89. The second-order valence-corrected chi connectivity index (χ2v) is 8.31. The molecule has 0 fully saturated rings. The van der Waals surface area contributed by atoms with Gasteiger partial charge in [-0.05, 0) is 53.3 Å². The second kappa shape index (κ2) is 7.74. The molecule has 1 N–H and O–H groups in total. The quantitative estimate of drug-likeness (QED) is 0.579. The zero-order chi connectivity index (χ0) is 17.1. The van der Waals surface area contributed by atoms with Crippen LogP contribution in [-0.2, 0) is 11.3 Å². The minimum Gasteiger partial charge on any atom is -0.324 e. The predicted molar refractivity (Wildman–Crippen MR) is 106 cm³/mol. The van der Waals surface area contributed by atoms with E-state index in [1.165, 1.54) is 4.70 Å². The number of carbonyl (C=O) groups excluding carboxylic acids is 1. The maximum atomic E-state index is 12.2. The van der Waals surface area contributed by atoms with Crippen LogP contribution >= 0.6 is 43.2 Å². The van der Waals surface area contributed by atoms with E-state index >= 15 is 0 Å². The number of para-hydroxylation sites is 1. The van der Waals surface area contributed by atoms with Gasteiger partial charge in [0.05, 0.1) is 29.0 Å². The number of hydrogen-bond acceptors (Lipinski definition) is 4. The van der Waals surface area contributed by atoms with Gasteiger partial charge in [0.2, 0.25) is 5.91 Å². The molecule has 124 valence electrons. The summed E-state index contributed by atoms with van der Waals surface area (Å²) in [6, 6.07) is 13.7. The lowest BCUT2D eigenvalue weighted by atomic mass is 10.3. The highest BCUT2D eigenvalue weighted by Crippen LogP contribution is 2.26. The number of rotatable bonds is 5. The summed E-state index contributed by atoms with van der Waals surface area (Å²) in [5, 5.41) is 3.93. The molecule has 0 unspecified atom stereocenters. The van der Waals surface area contributed by atoms with Crippen molar-refractivity contribution in [3.8, 4) is 0 Å². The van der Waals surface area contributed by atoms with Crippen molar-refractivity contribution >= 4 is 65.0 Å². The van der Waals surface area contributed by atoms with Crippen molar-refractivity contribution < 1.29 is 4.79 Å². The Morgan fingerprint density at radius 2 is 2.04 bits per heavy atom. The van der Waals surface area contributed by atoms with Crippen LogP contribution in [0, 0.1) is 0 Å². The molecule has 1 aromatic heterocycles. The third kappa shape index (κ3) is 4.42. The number of amides is 1. The fraction of sp³-hybridized carbons (Fsp3) is 0.176. The number of hydrogen-bond donors (Lipinski definition) is 1. The number of thiazole rings is 1.